The molecule has 1 aromatic rings. The van der Waals surface area contributed by atoms with Gasteiger partial charge in [0, 0.05) is 12.0 Å². The van der Waals surface area contributed by atoms with Crippen LogP contribution in [0.4, 0.5) is 0 Å². The molecule has 0 bridgehead atoms. The summed E-state index contributed by atoms with van der Waals surface area (Å²) in [5, 5.41) is 28.4. The Morgan fingerprint density at radius 3 is 2.84 bits per heavy atom. The highest BCUT2D eigenvalue weighted by molar-refractivity contribution is 5.93. The normalized spacial score (nSPS) is 19.7. The molecular formula is C14H18O5. The summed E-state index contributed by atoms with van der Waals surface area (Å²) in [4.78, 5) is 11.8. The first-order chi connectivity index (χ1) is 8.99. The quantitative estimate of drug-likeness (QED) is 0.570. The lowest BCUT2D eigenvalue weighted by molar-refractivity contribution is 0.0221. The van der Waals surface area contributed by atoms with Gasteiger partial charge in [-0.3, -0.25) is 0 Å². The van der Waals surface area contributed by atoms with E-state index in [0.29, 0.717) is 30.4 Å². The average molecular weight is 266 g/mol. The lowest BCUT2D eigenvalue weighted by Crippen LogP contribution is -2.27. The lowest BCUT2D eigenvalue weighted by Gasteiger charge is -2.25. The fraction of sp³-hybridized carbons (Fsp3) is 0.500. The second-order valence-electron chi connectivity index (χ2n) is 4.97. The van der Waals surface area contributed by atoms with E-state index in [2.05, 4.69) is 0 Å². The van der Waals surface area contributed by atoms with Crippen molar-refractivity contribution in [2.24, 2.45) is 0 Å². The minimum atomic E-state index is -0.474. The van der Waals surface area contributed by atoms with Gasteiger partial charge >= 0.3 is 5.97 Å². The molecule has 19 heavy (non-hydrogen) atoms. The van der Waals surface area contributed by atoms with Gasteiger partial charge in [0.05, 0.1) is 11.7 Å². The zero-order valence-electron chi connectivity index (χ0n) is 10.8. The summed E-state index contributed by atoms with van der Waals surface area (Å²) >= 11 is 0. The summed E-state index contributed by atoms with van der Waals surface area (Å²) in [7, 11) is 0. The molecule has 0 amide bonds. The molecule has 5 nitrogen and oxygen atoms in total. The Labute approximate surface area is 111 Å². The number of hydrogen-bond donors (Lipinski definition) is 3. The van der Waals surface area contributed by atoms with Crippen LogP contribution in [0.1, 0.15) is 42.1 Å². The van der Waals surface area contributed by atoms with Crippen molar-refractivity contribution in [1.82, 2.24) is 0 Å². The molecule has 104 valence electrons. The molecule has 5 heteroatoms. The number of aliphatic hydroxyl groups is 1. The zero-order valence-corrected chi connectivity index (χ0v) is 10.8. The summed E-state index contributed by atoms with van der Waals surface area (Å²) in [6.45, 7) is 1.71. The summed E-state index contributed by atoms with van der Waals surface area (Å²) in [5.41, 5.74) is 0.750. The molecule has 0 aromatic heterocycles. The number of aliphatic hydroxyl groups excluding tert-OH is 1. The van der Waals surface area contributed by atoms with Crippen LogP contribution < -0.4 is 0 Å². The van der Waals surface area contributed by atoms with Gasteiger partial charge in [-0.25, -0.2) is 4.79 Å². The molecule has 1 aromatic carbocycles. The maximum atomic E-state index is 11.8. The van der Waals surface area contributed by atoms with Crippen molar-refractivity contribution in [3.8, 4) is 11.5 Å². The number of phenolic OH excluding ortho intramolecular Hbond substituents is 2. The largest absolute Gasteiger partial charge is 0.504 e. The molecule has 2 rings (SSSR count). The van der Waals surface area contributed by atoms with E-state index in [4.69, 9.17) is 4.74 Å². The van der Waals surface area contributed by atoms with E-state index >= 15 is 0 Å². The van der Waals surface area contributed by atoms with Gasteiger partial charge in [-0.15, -0.1) is 0 Å². The predicted octanol–water partition coefficient (Wildman–Crippen LogP) is 1.73. The Balaban J connectivity index is 2.10. The fourth-order valence-electron chi connectivity index (χ4n) is 2.31. The molecule has 1 aliphatic heterocycles. The third kappa shape index (κ3) is 2.98. The van der Waals surface area contributed by atoms with Gasteiger partial charge in [0.2, 0.25) is 0 Å². The fourth-order valence-corrected chi connectivity index (χ4v) is 2.31. The van der Waals surface area contributed by atoms with Crippen LogP contribution in [0.5, 0.6) is 11.5 Å². The lowest BCUT2D eigenvalue weighted by atomic mass is 9.94. The number of carbonyl (C=O) groups is 1. The van der Waals surface area contributed by atoms with Crippen LogP contribution in [0.25, 0.3) is 0 Å². The number of ether oxygens (including phenoxy) is 1. The van der Waals surface area contributed by atoms with Crippen LogP contribution in [0.15, 0.2) is 12.1 Å². The minimum Gasteiger partial charge on any atom is -0.504 e. The van der Waals surface area contributed by atoms with Crippen molar-refractivity contribution in [2.75, 3.05) is 0 Å². The first kappa shape index (κ1) is 13.7. The molecule has 0 saturated carbocycles. The number of fused-ring (bicyclic) bond motifs is 1. The van der Waals surface area contributed by atoms with Crippen molar-refractivity contribution in [2.45, 2.75) is 44.8 Å². The highest BCUT2D eigenvalue weighted by Crippen LogP contribution is 2.36. The van der Waals surface area contributed by atoms with E-state index in [0.717, 1.165) is 6.42 Å². The second kappa shape index (κ2) is 5.48. The van der Waals surface area contributed by atoms with Gasteiger partial charge < -0.3 is 20.1 Å². The van der Waals surface area contributed by atoms with Gasteiger partial charge in [0.1, 0.15) is 6.10 Å². The van der Waals surface area contributed by atoms with Gasteiger partial charge in [0.25, 0.3) is 0 Å². The van der Waals surface area contributed by atoms with Crippen LogP contribution in [-0.2, 0) is 11.2 Å². The third-order valence-corrected chi connectivity index (χ3v) is 3.33. The number of rotatable bonds is 4. The van der Waals surface area contributed by atoms with Crippen molar-refractivity contribution >= 4 is 5.97 Å². The van der Waals surface area contributed by atoms with E-state index in [-0.39, 0.29) is 23.7 Å². The average Bonchev–Trinajstić information content (AvgIpc) is 2.34. The van der Waals surface area contributed by atoms with Crippen LogP contribution in [-0.4, -0.2) is 33.5 Å². The molecule has 2 unspecified atom stereocenters. The van der Waals surface area contributed by atoms with Gasteiger partial charge in [-0.05, 0) is 38.3 Å². The van der Waals surface area contributed by atoms with Crippen molar-refractivity contribution in [3.05, 3.63) is 23.3 Å². The first-order valence-corrected chi connectivity index (χ1v) is 6.42. The van der Waals surface area contributed by atoms with Crippen molar-refractivity contribution < 1.29 is 24.9 Å². The molecule has 0 aliphatic carbocycles. The summed E-state index contributed by atoms with van der Waals surface area (Å²) in [6, 6.07) is 2.74. The summed E-state index contributed by atoms with van der Waals surface area (Å²) < 4.78 is 5.28. The van der Waals surface area contributed by atoms with Crippen LogP contribution in [0, 0.1) is 0 Å². The van der Waals surface area contributed by atoms with Crippen molar-refractivity contribution in [3.63, 3.8) is 0 Å². The number of hydrogen-bond acceptors (Lipinski definition) is 5. The van der Waals surface area contributed by atoms with E-state index in [1.54, 1.807) is 6.92 Å². The minimum absolute atomic E-state index is 0.226. The van der Waals surface area contributed by atoms with Crippen molar-refractivity contribution in [1.29, 1.82) is 0 Å². The van der Waals surface area contributed by atoms with Crippen LogP contribution in [0.3, 0.4) is 0 Å². The standard InChI is InChI=1S/C14H18O5/c1-8(15)3-2-4-9-7-11-10(14(18)19-9)5-6-12(16)13(11)17/h5-6,8-9,15-17H,2-4,7H2,1H3. The molecule has 1 heterocycles. The molecule has 0 spiro atoms. The van der Waals surface area contributed by atoms with E-state index in [9.17, 15) is 20.1 Å². The number of cyclic esters (lactones) is 1. The number of phenols is 2. The number of aromatic hydroxyl groups is 2. The van der Waals surface area contributed by atoms with Crippen LogP contribution in [0.2, 0.25) is 0 Å². The Kier molecular flexibility index (Phi) is 3.95. The SMILES string of the molecule is CC(O)CCCC1Cc2c(ccc(O)c2O)C(=O)O1. The Hall–Kier alpha value is -1.75. The second-order valence-corrected chi connectivity index (χ2v) is 4.97. The molecule has 2 atom stereocenters. The van der Waals surface area contributed by atoms with E-state index < -0.39 is 5.97 Å². The molecule has 3 N–H and O–H groups in total. The number of benzene rings is 1. The number of esters is 1. The molecular weight excluding hydrogens is 248 g/mol. The van der Waals surface area contributed by atoms with E-state index in [1.807, 2.05) is 0 Å². The van der Waals surface area contributed by atoms with Gasteiger partial charge in [-0.1, -0.05) is 0 Å². The Morgan fingerprint density at radius 1 is 1.42 bits per heavy atom. The maximum Gasteiger partial charge on any atom is 0.338 e. The predicted molar refractivity (Wildman–Crippen MR) is 68.2 cm³/mol. The van der Waals surface area contributed by atoms with Crippen LogP contribution >= 0.6 is 0 Å². The third-order valence-electron chi connectivity index (χ3n) is 3.33. The Bertz CT molecular complexity index is 481. The monoisotopic (exact) mass is 266 g/mol. The first-order valence-electron chi connectivity index (χ1n) is 6.42. The van der Waals surface area contributed by atoms with Gasteiger partial charge in [0.15, 0.2) is 11.5 Å². The topological polar surface area (TPSA) is 87.0 Å². The highest BCUT2D eigenvalue weighted by atomic mass is 16.5. The smallest absolute Gasteiger partial charge is 0.338 e. The molecule has 1 aliphatic rings. The number of carbonyl (C=O) groups excluding carboxylic acids is 1. The highest BCUT2D eigenvalue weighted by Gasteiger charge is 2.29. The zero-order chi connectivity index (χ0) is 14.0. The molecule has 0 fully saturated rings. The maximum absolute atomic E-state index is 11.8. The summed E-state index contributed by atoms with van der Waals surface area (Å²) in [6.07, 6.45) is 1.72. The molecule has 0 saturated heterocycles. The molecule has 0 radical (unpaired) electrons. The van der Waals surface area contributed by atoms with E-state index in [1.165, 1.54) is 12.1 Å². The summed E-state index contributed by atoms with van der Waals surface area (Å²) in [5.74, 6) is -0.940. The Morgan fingerprint density at radius 2 is 2.16 bits per heavy atom. The van der Waals surface area contributed by atoms with Gasteiger partial charge in [-0.2, -0.15) is 0 Å².